The molecule has 0 saturated carbocycles. The first kappa shape index (κ1) is 12.1. The molecule has 0 atom stereocenters. The van der Waals surface area contributed by atoms with Crippen LogP contribution in [-0.2, 0) is 16.0 Å². The SMILES string of the molecule is O=C(Cc1ccccc1)OCN1CCNCC1. The first-order valence-corrected chi connectivity index (χ1v) is 5.97. The molecule has 0 amide bonds. The summed E-state index contributed by atoms with van der Waals surface area (Å²) >= 11 is 0. The maximum absolute atomic E-state index is 11.6. The van der Waals surface area contributed by atoms with Gasteiger partial charge in [-0.1, -0.05) is 30.3 Å². The van der Waals surface area contributed by atoms with Crippen molar-refractivity contribution in [1.82, 2.24) is 10.2 Å². The molecule has 0 radical (unpaired) electrons. The van der Waals surface area contributed by atoms with Crippen LogP contribution in [0.25, 0.3) is 0 Å². The first-order chi connectivity index (χ1) is 8.34. The zero-order chi connectivity index (χ0) is 11.9. The summed E-state index contributed by atoms with van der Waals surface area (Å²) in [7, 11) is 0. The Hall–Kier alpha value is -1.39. The third kappa shape index (κ3) is 4.17. The lowest BCUT2D eigenvalue weighted by Gasteiger charge is -2.26. The highest BCUT2D eigenvalue weighted by Gasteiger charge is 2.11. The van der Waals surface area contributed by atoms with E-state index in [0.29, 0.717) is 13.2 Å². The fourth-order valence-electron chi connectivity index (χ4n) is 1.82. The van der Waals surface area contributed by atoms with E-state index in [1.54, 1.807) is 0 Å². The minimum Gasteiger partial charge on any atom is -0.449 e. The number of carbonyl (C=O) groups excluding carboxylic acids is 1. The molecule has 0 aromatic heterocycles. The molecule has 0 unspecified atom stereocenters. The van der Waals surface area contributed by atoms with Gasteiger partial charge in [0.15, 0.2) is 0 Å². The summed E-state index contributed by atoms with van der Waals surface area (Å²) in [5.74, 6) is -0.158. The molecule has 92 valence electrons. The Kier molecular flexibility index (Phi) is 4.53. The molecule has 0 bridgehead atoms. The second-order valence-electron chi connectivity index (χ2n) is 4.18. The second-order valence-corrected chi connectivity index (χ2v) is 4.18. The Morgan fingerprint density at radius 2 is 1.94 bits per heavy atom. The molecule has 1 aromatic rings. The van der Waals surface area contributed by atoms with Gasteiger partial charge in [-0.15, -0.1) is 0 Å². The molecule has 1 aromatic carbocycles. The van der Waals surface area contributed by atoms with Crippen molar-refractivity contribution in [1.29, 1.82) is 0 Å². The Labute approximate surface area is 102 Å². The van der Waals surface area contributed by atoms with Gasteiger partial charge >= 0.3 is 5.97 Å². The molecule has 4 heteroatoms. The van der Waals surface area contributed by atoms with Crippen LogP contribution in [0.5, 0.6) is 0 Å². The minimum absolute atomic E-state index is 0.158. The minimum atomic E-state index is -0.158. The van der Waals surface area contributed by atoms with Crippen LogP contribution in [-0.4, -0.2) is 43.8 Å². The molecule has 1 N–H and O–H groups in total. The van der Waals surface area contributed by atoms with E-state index in [1.807, 2.05) is 30.3 Å². The molecule has 1 fully saturated rings. The van der Waals surface area contributed by atoms with E-state index in [1.165, 1.54) is 0 Å². The van der Waals surface area contributed by atoms with Crippen LogP contribution in [0.4, 0.5) is 0 Å². The van der Waals surface area contributed by atoms with Crippen molar-refractivity contribution >= 4 is 5.97 Å². The van der Waals surface area contributed by atoms with E-state index in [2.05, 4.69) is 10.2 Å². The number of ether oxygens (including phenoxy) is 1. The summed E-state index contributed by atoms with van der Waals surface area (Å²) in [5.41, 5.74) is 0.998. The van der Waals surface area contributed by atoms with Crippen LogP contribution < -0.4 is 5.32 Å². The maximum atomic E-state index is 11.6. The monoisotopic (exact) mass is 234 g/mol. The highest BCUT2D eigenvalue weighted by atomic mass is 16.5. The van der Waals surface area contributed by atoms with E-state index in [-0.39, 0.29) is 5.97 Å². The highest BCUT2D eigenvalue weighted by molar-refractivity contribution is 5.72. The van der Waals surface area contributed by atoms with Gasteiger partial charge in [0.1, 0.15) is 6.73 Å². The van der Waals surface area contributed by atoms with Crippen molar-refractivity contribution in [3.8, 4) is 0 Å². The normalized spacial score (nSPS) is 16.7. The number of esters is 1. The summed E-state index contributed by atoms with van der Waals surface area (Å²) in [6.45, 7) is 4.23. The van der Waals surface area contributed by atoms with E-state index < -0.39 is 0 Å². The fraction of sp³-hybridized carbons (Fsp3) is 0.462. The van der Waals surface area contributed by atoms with Crippen LogP contribution in [0.3, 0.4) is 0 Å². The average Bonchev–Trinajstić information content (AvgIpc) is 2.39. The Morgan fingerprint density at radius 3 is 2.65 bits per heavy atom. The molecule has 0 spiro atoms. The summed E-state index contributed by atoms with van der Waals surface area (Å²) < 4.78 is 5.24. The zero-order valence-corrected chi connectivity index (χ0v) is 9.89. The number of piperazine rings is 1. The van der Waals surface area contributed by atoms with Gasteiger partial charge in [-0.3, -0.25) is 9.69 Å². The first-order valence-electron chi connectivity index (χ1n) is 5.97. The molecule has 1 saturated heterocycles. The molecule has 1 aliphatic rings. The molecule has 0 aliphatic carbocycles. The summed E-state index contributed by atoms with van der Waals surface area (Å²) in [5, 5.41) is 3.26. The third-order valence-electron chi connectivity index (χ3n) is 2.81. The van der Waals surface area contributed by atoms with Crippen molar-refractivity contribution in [2.24, 2.45) is 0 Å². The van der Waals surface area contributed by atoms with Gasteiger partial charge < -0.3 is 10.1 Å². The number of rotatable bonds is 4. The van der Waals surface area contributed by atoms with Gasteiger partial charge in [-0.05, 0) is 5.56 Å². The van der Waals surface area contributed by atoms with Gasteiger partial charge in [-0.25, -0.2) is 0 Å². The van der Waals surface area contributed by atoms with Crippen molar-refractivity contribution in [2.75, 3.05) is 32.9 Å². The second kappa shape index (κ2) is 6.37. The van der Waals surface area contributed by atoms with Crippen molar-refractivity contribution in [3.63, 3.8) is 0 Å². The smallest absolute Gasteiger partial charge is 0.311 e. The summed E-state index contributed by atoms with van der Waals surface area (Å²) in [4.78, 5) is 13.7. The molecular formula is C13H18N2O2. The number of nitrogens with one attached hydrogen (secondary N) is 1. The largest absolute Gasteiger partial charge is 0.449 e. The maximum Gasteiger partial charge on any atom is 0.311 e. The third-order valence-corrected chi connectivity index (χ3v) is 2.81. The molecule has 1 aliphatic heterocycles. The number of hydrogen-bond donors (Lipinski definition) is 1. The number of nitrogens with zero attached hydrogens (tertiary/aromatic N) is 1. The Morgan fingerprint density at radius 1 is 1.24 bits per heavy atom. The van der Waals surface area contributed by atoms with Crippen LogP contribution in [0.15, 0.2) is 30.3 Å². The lowest BCUT2D eigenvalue weighted by atomic mass is 10.2. The van der Waals surface area contributed by atoms with Crippen molar-refractivity contribution < 1.29 is 9.53 Å². The Bertz CT molecular complexity index is 348. The molecule has 2 rings (SSSR count). The molecular weight excluding hydrogens is 216 g/mol. The summed E-state index contributed by atoms with van der Waals surface area (Å²) in [6.07, 6.45) is 0.354. The number of carbonyl (C=O) groups is 1. The Balaban J connectivity index is 1.70. The lowest BCUT2D eigenvalue weighted by molar-refractivity contribution is -0.147. The summed E-state index contributed by atoms with van der Waals surface area (Å²) in [6, 6.07) is 9.67. The van der Waals surface area contributed by atoms with Gasteiger partial charge in [0.05, 0.1) is 6.42 Å². The fourth-order valence-corrected chi connectivity index (χ4v) is 1.82. The van der Waals surface area contributed by atoms with Crippen molar-refractivity contribution in [2.45, 2.75) is 6.42 Å². The highest BCUT2D eigenvalue weighted by Crippen LogP contribution is 2.01. The van der Waals surface area contributed by atoms with Crippen LogP contribution >= 0.6 is 0 Å². The average molecular weight is 234 g/mol. The van der Waals surface area contributed by atoms with Crippen LogP contribution in [0, 0.1) is 0 Å². The van der Waals surface area contributed by atoms with Gasteiger partial charge in [-0.2, -0.15) is 0 Å². The van der Waals surface area contributed by atoms with E-state index >= 15 is 0 Å². The van der Waals surface area contributed by atoms with E-state index in [4.69, 9.17) is 4.74 Å². The predicted octanol–water partition coefficient (Wildman–Crippen LogP) is 0.635. The number of hydrogen-bond acceptors (Lipinski definition) is 4. The standard InChI is InChI=1S/C13H18N2O2/c16-13(10-12-4-2-1-3-5-12)17-11-15-8-6-14-7-9-15/h1-5,14H,6-11H2. The molecule has 4 nitrogen and oxygen atoms in total. The van der Waals surface area contributed by atoms with Gasteiger partial charge in [0, 0.05) is 26.2 Å². The topological polar surface area (TPSA) is 41.6 Å². The lowest BCUT2D eigenvalue weighted by Crippen LogP contribution is -2.44. The molecule has 1 heterocycles. The quantitative estimate of drug-likeness (QED) is 0.776. The van der Waals surface area contributed by atoms with E-state index in [0.717, 1.165) is 31.7 Å². The van der Waals surface area contributed by atoms with E-state index in [9.17, 15) is 4.79 Å². The van der Waals surface area contributed by atoms with Gasteiger partial charge in [0.2, 0.25) is 0 Å². The van der Waals surface area contributed by atoms with Gasteiger partial charge in [0.25, 0.3) is 0 Å². The van der Waals surface area contributed by atoms with Crippen LogP contribution in [0.2, 0.25) is 0 Å². The predicted molar refractivity (Wildman–Crippen MR) is 65.5 cm³/mol. The zero-order valence-electron chi connectivity index (χ0n) is 9.89. The van der Waals surface area contributed by atoms with Crippen LogP contribution in [0.1, 0.15) is 5.56 Å². The number of benzene rings is 1. The molecule has 17 heavy (non-hydrogen) atoms. The van der Waals surface area contributed by atoms with Crippen molar-refractivity contribution in [3.05, 3.63) is 35.9 Å².